The summed E-state index contributed by atoms with van der Waals surface area (Å²) in [5.41, 5.74) is 3.60. The van der Waals surface area contributed by atoms with E-state index in [1.807, 2.05) is 36.1 Å². The third-order valence-electron chi connectivity index (χ3n) is 11.7. The molecule has 328 valence electrons. The predicted octanol–water partition coefficient (Wildman–Crippen LogP) is 5.66. The second kappa shape index (κ2) is 19.1. The Labute approximate surface area is 357 Å². The zero-order chi connectivity index (χ0) is 44.0. The predicted molar refractivity (Wildman–Crippen MR) is 229 cm³/mol. The van der Waals surface area contributed by atoms with Crippen molar-refractivity contribution < 1.29 is 37.1 Å². The van der Waals surface area contributed by atoms with Crippen LogP contribution in [0.5, 0.6) is 5.75 Å². The monoisotopic (exact) mass is 856 g/mol. The molecule has 5 N–H and O–H groups in total. The molecule has 15 nitrogen and oxygen atoms in total. The van der Waals surface area contributed by atoms with Crippen LogP contribution in [0.2, 0.25) is 0 Å². The lowest BCUT2D eigenvalue weighted by molar-refractivity contribution is -0.137. The van der Waals surface area contributed by atoms with Crippen molar-refractivity contribution in [1.82, 2.24) is 30.4 Å². The number of amides is 4. The average Bonchev–Trinajstić information content (AvgIpc) is 3.27. The van der Waals surface area contributed by atoms with Crippen molar-refractivity contribution in [3.05, 3.63) is 89.1 Å². The molecular formula is C44H51F3N10O5. The van der Waals surface area contributed by atoms with Gasteiger partial charge in [0.2, 0.25) is 23.7 Å². The van der Waals surface area contributed by atoms with Crippen LogP contribution in [0.3, 0.4) is 0 Å². The number of methoxy groups -OCH3 is 1. The summed E-state index contributed by atoms with van der Waals surface area (Å²) in [6.45, 7) is 6.33. The van der Waals surface area contributed by atoms with E-state index in [0.29, 0.717) is 75.5 Å². The molecule has 3 aliphatic heterocycles. The van der Waals surface area contributed by atoms with Crippen LogP contribution in [0.25, 0.3) is 0 Å². The van der Waals surface area contributed by atoms with Crippen molar-refractivity contribution in [2.75, 3.05) is 80.8 Å². The van der Waals surface area contributed by atoms with E-state index in [2.05, 4.69) is 58.5 Å². The number of imide groups is 1. The van der Waals surface area contributed by atoms with Gasteiger partial charge in [0.05, 0.1) is 30.6 Å². The second-order valence-electron chi connectivity index (χ2n) is 15.6. The molecule has 1 unspecified atom stereocenters. The van der Waals surface area contributed by atoms with Gasteiger partial charge in [-0.15, -0.1) is 0 Å². The van der Waals surface area contributed by atoms with Crippen molar-refractivity contribution in [3.8, 4) is 5.75 Å². The molecule has 0 saturated carbocycles. The van der Waals surface area contributed by atoms with E-state index in [9.17, 15) is 32.3 Å². The van der Waals surface area contributed by atoms with Gasteiger partial charge in [-0.2, -0.15) is 18.2 Å². The second-order valence-corrected chi connectivity index (χ2v) is 15.6. The van der Waals surface area contributed by atoms with Crippen LogP contribution in [0, 0.1) is 0 Å². The molecular weight excluding hydrogens is 806 g/mol. The summed E-state index contributed by atoms with van der Waals surface area (Å²) < 4.78 is 48.1. The lowest BCUT2D eigenvalue weighted by atomic mass is 9.89. The highest BCUT2D eigenvalue weighted by Crippen LogP contribution is 2.39. The van der Waals surface area contributed by atoms with E-state index in [1.54, 1.807) is 12.1 Å². The number of carbonyl (C=O) groups is 4. The summed E-state index contributed by atoms with van der Waals surface area (Å²) in [5, 5.41) is 13.8. The molecule has 1 atom stereocenters. The molecule has 0 radical (unpaired) electrons. The number of nitrogens with one attached hydrogen (secondary N) is 5. The van der Waals surface area contributed by atoms with Crippen molar-refractivity contribution in [2.24, 2.45) is 0 Å². The summed E-state index contributed by atoms with van der Waals surface area (Å²) in [6, 6.07) is 17.6. The number of halogens is 3. The quantitative estimate of drug-likeness (QED) is 0.105. The Bertz CT molecular complexity index is 2280. The summed E-state index contributed by atoms with van der Waals surface area (Å²) in [6.07, 6.45) is -0.781. The molecule has 1 aromatic heterocycles. The minimum Gasteiger partial charge on any atom is -0.494 e. The smallest absolute Gasteiger partial charge is 0.421 e. The number of para-hydroxylation sites is 1. The first-order valence-corrected chi connectivity index (χ1v) is 20.8. The highest BCUT2D eigenvalue weighted by atomic mass is 19.4. The van der Waals surface area contributed by atoms with E-state index in [4.69, 9.17) is 4.74 Å². The maximum Gasteiger partial charge on any atom is 0.421 e. The molecule has 3 aromatic carbocycles. The highest BCUT2D eigenvalue weighted by Gasteiger charge is 2.36. The SMILES string of the molecule is CCc1cc(Nc2ncc(C(F)(F)F)c(Nc3ccccc3C(=O)NC)n2)c(OC)cc1N1CCN(C(=O)CN2CCC(c3ccc(NC4CCC(=O)NC4=O)cc3)CC2)CC1. The molecule has 3 saturated heterocycles. The lowest BCUT2D eigenvalue weighted by Crippen LogP contribution is -2.52. The molecule has 7 rings (SSSR count). The normalized spacial score (nSPS) is 17.6. The van der Waals surface area contributed by atoms with E-state index in [1.165, 1.54) is 31.9 Å². The van der Waals surface area contributed by atoms with Crippen LogP contribution < -0.4 is 36.2 Å². The van der Waals surface area contributed by atoms with Crippen LogP contribution in [-0.4, -0.2) is 109 Å². The van der Waals surface area contributed by atoms with Crippen LogP contribution in [0.1, 0.15) is 65.6 Å². The fraction of sp³-hybridized carbons (Fsp3) is 0.409. The van der Waals surface area contributed by atoms with Gasteiger partial charge in [-0.1, -0.05) is 31.2 Å². The number of anilines is 6. The van der Waals surface area contributed by atoms with Gasteiger partial charge in [-0.3, -0.25) is 29.4 Å². The molecule has 0 aliphatic carbocycles. The van der Waals surface area contributed by atoms with Gasteiger partial charge < -0.3 is 35.8 Å². The number of rotatable bonds is 13. The van der Waals surface area contributed by atoms with Crippen LogP contribution in [0.15, 0.2) is 66.9 Å². The molecule has 18 heteroatoms. The first-order chi connectivity index (χ1) is 29.8. The first-order valence-electron chi connectivity index (χ1n) is 20.8. The van der Waals surface area contributed by atoms with Crippen molar-refractivity contribution in [3.63, 3.8) is 0 Å². The maximum absolute atomic E-state index is 14.1. The Morgan fingerprint density at radius 2 is 1.65 bits per heavy atom. The van der Waals surface area contributed by atoms with Gasteiger partial charge in [0, 0.05) is 63.3 Å². The van der Waals surface area contributed by atoms with Gasteiger partial charge in [0.1, 0.15) is 23.2 Å². The topological polar surface area (TPSA) is 173 Å². The number of nitrogens with zero attached hydrogens (tertiary/aromatic N) is 5. The minimum absolute atomic E-state index is 0.0994. The Balaban J connectivity index is 0.940. The van der Waals surface area contributed by atoms with Crippen molar-refractivity contribution >= 4 is 58.1 Å². The van der Waals surface area contributed by atoms with Gasteiger partial charge in [-0.25, -0.2) is 4.98 Å². The van der Waals surface area contributed by atoms with E-state index in [-0.39, 0.29) is 34.9 Å². The molecule has 3 fully saturated rings. The zero-order valence-corrected chi connectivity index (χ0v) is 34.9. The lowest BCUT2D eigenvalue weighted by Gasteiger charge is -2.39. The highest BCUT2D eigenvalue weighted by molar-refractivity contribution is 6.01. The number of aryl methyl sites for hydroxylation is 1. The number of piperidine rings is 2. The van der Waals surface area contributed by atoms with E-state index >= 15 is 0 Å². The Morgan fingerprint density at radius 3 is 2.31 bits per heavy atom. The van der Waals surface area contributed by atoms with Gasteiger partial charge in [0.25, 0.3) is 5.91 Å². The largest absolute Gasteiger partial charge is 0.494 e. The average molecular weight is 857 g/mol. The number of carbonyl (C=O) groups excluding carboxylic acids is 4. The Morgan fingerprint density at radius 1 is 0.919 bits per heavy atom. The molecule has 3 aliphatic rings. The number of benzene rings is 3. The Kier molecular flexibility index (Phi) is 13.4. The van der Waals surface area contributed by atoms with E-state index < -0.39 is 29.5 Å². The first kappa shape index (κ1) is 43.7. The standard InChI is InChI=1S/C44H51F3N10O5/c1-4-27-23-35(52-43-49-25-32(44(45,46)47)40(54-43)51-33-8-6-5-7-31(33)41(60)48-2)37(62-3)24-36(27)56-19-21-57(22-20-56)39(59)26-55-17-15-29(16-18-55)28-9-11-30(12-10-28)50-34-13-14-38(58)53-42(34)61/h5-12,23-25,29,34,50H,4,13-22,26H2,1-3H3,(H,48,60)(H,53,58,61)(H2,49,51,52,54). The fourth-order valence-electron chi connectivity index (χ4n) is 8.17. The number of hydrogen-bond acceptors (Lipinski definition) is 12. The number of alkyl halides is 3. The fourth-order valence-corrected chi connectivity index (χ4v) is 8.17. The number of piperazine rings is 1. The Hall–Kier alpha value is -6.43. The number of hydrogen-bond donors (Lipinski definition) is 5. The molecule has 0 spiro atoms. The number of ether oxygens (including phenoxy) is 1. The maximum atomic E-state index is 14.1. The van der Waals surface area contributed by atoms with Gasteiger partial charge in [-0.05, 0) is 86.1 Å². The third kappa shape index (κ3) is 10.2. The summed E-state index contributed by atoms with van der Waals surface area (Å²) in [7, 11) is 2.94. The molecule has 62 heavy (non-hydrogen) atoms. The molecule has 4 aromatic rings. The molecule has 4 heterocycles. The zero-order valence-electron chi connectivity index (χ0n) is 34.9. The minimum atomic E-state index is -4.78. The van der Waals surface area contributed by atoms with Crippen LogP contribution >= 0.6 is 0 Å². The molecule has 0 bridgehead atoms. The third-order valence-corrected chi connectivity index (χ3v) is 11.7. The number of aromatic nitrogens is 2. The van der Waals surface area contributed by atoms with Gasteiger partial charge in [0.15, 0.2) is 0 Å². The van der Waals surface area contributed by atoms with Crippen LogP contribution in [0.4, 0.5) is 47.7 Å². The van der Waals surface area contributed by atoms with Gasteiger partial charge >= 0.3 is 6.18 Å². The summed E-state index contributed by atoms with van der Waals surface area (Å²) in [4.78, 5) is 64.1. The van der Waals surface area contributed by atoms with Crippen molar-refractivity contribution in [2.45, 2.75) is 57.2 Å². The summed E-state index contributed by atoms with van der Waals surface area (Å²) >= 11 is 0. The van der Waals surface area contributed by atoms with Crippen LogP contribution in [-0.2, 0) is 27.0 Å². The van der Waals surface area contributed by atoms with E-state index in [0.717, 1.165) is 42.9 Å². The molecule has 4 amide bonds. The summed E-state index contributed by atoms with van der Waals surface area (Å²) in [5.74, 6) is -0.745. The van der Waals surface area contributed by atoms with Crippen molar-refractivity contribution in [1.29, 1.82) is 0 Å². The number of likely N-dealkylation sites (tertiary alicyclic amines) is 1.